The SMILES string of the molecule is COc1ccc(S(=O)(=O)NCC2CCOCC2)cc1CN. The van der Waals surface area contributed by atoms with Gasteiger partial charge in [-0.3, -0.25) is 0 Å². The van der Waals surface area contributed by atoms with E-state index in [0.29, 0.717) is 37.0 Å². The molecule has 0 bridgehead atoms. The molecule has 1 aromatic rings. The summed E-state index contributed by atoms with van der Waals surface area (Å²) in [4.78, 5) is 0.218. The molecule has 118 valence electrons. The average molecular weight is 314 g/mol. The summed E-state index contributed by atoms with van der Waals surface area (Å²) in [6, 6.07) is 4.72. The van der Waals surface area contributed by atoms with Crippen LogP contribution in [0.4, 0.5) is 0 Å². The van der Waals surface area contributed by atoms with Crippen molar-refractivity contribution in [1.29, 1.82) is 0 Å². The second-order valence-electron chi connectivity index (χ2n) is 5.09. The zero-order chi connectivity index (χ0) is 15.3. The van der Waals surface area contributed by atoms with Gasteiger partial charge in [-0.15, -0.1) is 0 Å². The molecule has 1 aromatic carbocycles. The summed E-state index contributed by atoms with van der Waals surface area (Å²) in [5, 5.41) is 0. The van der Waals surface area contributed by atoms with Crippen molar-refractivity contribution >= 4 is 10.0 Å². The molecular weight excluding hydrogens is 292 g/mol. The summed E-state index contributed by atoms with van der Waals surface area (Å²) in [5.74, 6) is 0.932. The van der Waals surface area contributed by atoms with E-state index in [1.165, 1.54) is 13.2 Å². The van der Waals surface area contributed by atoms with Crippen LogP contribution in [-0.4, -0.2) is 35.3 Å². The number of benzene rings is 1. The summed E-state index contributed by atoms with van der Waals surface area (Å²) >= 11 is 0. The summed E-state index contributed by atoms with van der Waals surface area (Å²) < 4.78 is 37.7. The van der Waals surface area contributed by atoms with Crippen LogP contribution in [0.15, 0.2) is 23.1 Å². The molecule has 0 spiro atoms. The highest BCUT2D eigenvalue weighted by Crippen LogP contribution is 2.22. The number of nitrogens with two attached hydrogens (primary N) is 1. The molecule has 0 aliphatic carbocycles. The van der Waals surface area contributed by atoms with Gasteiger partial charge in [0.1, 0.15) is 5.75 Å². The van der Waals surface area contributed by atoms with Crippen LogP contribution in [0.3, 0.4) is 0 Å². The first-order valence-electron chi connectivity index (χ1n) is 7.01. The van der Waals surface area contributed by atoms with Crippen molar-refractivity contribution in [2.75, 3.05) is 26.9 Å². The van der Waals surface area contributed by atoms with E-state index < -0.39 is 10.0 Å². The largest absolute Gasteiger partial charge is 0.496 e. The summed E-state index contributed by atoms with van der Waals surface area (Å²) in [5.41, 5.74) is 6.29. The van der Waals surface area contributed by atoms with E-state index in [9.17, 15) is 8.42 Å². The van der Waals surface area contributed by atoms with E-state index in [-0.39, 0.29) is 11.4 Å². The smallest absolute Gasteiger partial charge is 0.240 e. The molecule has 7 heteroatoms. The Hall–Kier alpha value is -1.15. The molecule has 1 heterocycles. The van der Waals surface area contributed by atoms with E-state index >= 15 is 0 Å². The Labute approximate surface area is 125 Å². The normalized spacial score (nSPS) is 16.9. The molecule has 0 atom stereocenters. The number of hydrogen-bond donors (Lipinski definition) is 2. The summed E-state index contributed by atoms with van der Waals surface area (Å²) in [6.45, 7) is 2.07. The Morgan fingerprint density at radius 1 is 1.38 bits per heavy atom. The number of nitrogens with one attached hydrogen (secondary N) is 1. The first kappa shape index (κ1) is 16.2. The predicted octanol–water partition coefficient (Wildman–Crippen LogP) is 0.859. The van der Waals surface area contributed by atoms with Gasteiger partial charge in [0.2, 0.25) is 10.0 Å². The van der Waals surface area contributed by atoms with Crippen LogP contribution in [-0.2, 0) is 21.3 Å². The van der Waals surface area contributed by atoms with Gasteiger partial charge in [0.15, 0.2) is 0 Å². The maximum absolute atomic E-state index is 12.3. The van der Waals surface area contributed by atoms with Crippen molar-refractivity contribution in [3.05, 3.63) is 23.8 Å². The summed E-state index contributed by atoms with van der Waals surface area (Å²) in [7, 11) is -1.99. The Kier molecular flexibility index (Phi) is 5.58. The third kappa shape index (κ3) is 4.16. The monoisotopic (exact) mass is 314 g/mol. The van der Waals surface area contributed by atoms with Crippen molar-refractivity contribution in [2.45, 2.75) is 24.3 Å². The molecule has 1 fully saturated rings. The van der Waals surface area contributed by atoms with Gasteiger partial charge >= 0.3 is 0 Å². The molecule has 1 aliphatic heterocycles. The highest BCUT2D eigenvalue weighted by Gasteiger charge is 2.20. The first-order valence-corrected chi connectivity index (χ1v) is 8.49. The summed E-state index contributed by atoms with van der Waals surface area (Å²) in [6.07, 6.45) is 1.78. The van der Waals surface area contributed by atoms with Crippen molar-refractivity contribution < 1.29 is 17.9 Å². The fourth-order valence-corrected chi connectivity index (χ4v) is 3.51. The molecule has 3 N–H and O–H groups in total. The average Bonchev–Trinajstić information content (AvgIpc) is 2.53. The predicted molar refractivity (Wildman–Crippen MR) is 79.6 cm³/mol. The molecule has 0 radical (unpaired) electrons. The van der Waals surface area contributed by atoms with Crippen LogP contribution < -0.4 is 15.2 Å². The Bertz CT molecular complexity index is 568. The lowest BCUT2D eigenvalue weighted by molar-refractivity contribution is 0.0678. The lowest BCUT2D eigenvalue weighted by Crippen LogP contribution is -2.32. The van der Waals surface area contributed by atoms with Gasteiger partial charge in [0.25, 0.3) is 0 Å². The van der Waals surface area contributed by atoms with E-state index in [4.69, 9.17) is 15.2 Å². The van der Waals surface area contributed by atoms with Crippen molar-refractivity contribution in [3.8, 4) is 5.75 Å². The Balaban J connectivity index is 2.07. The maximum atomic E-state index is 12.3. The molecule has 0 saturated carbocycles. The van der Waals surface area contributed by atoms with E-state index in [2.05, 4.69) is 4.72 Å². The van der Waals surface area contributed by atoms with Crippen LogP contribution >= 0.6 is 0 Å². The van der Waals surface area contributed by atoms with Gasteiger partial charge in [-0.2, -0.15) is 0 Å². The van der Waals surface area contributed by atoms with Gasteiger partial charge < -0.3 is 15.2 Å². The molecule has 1 aliphatic rings. The number of ether oxygens (including phenoxy) is 2. The van der Waals surface area contributed by atoms with Crippen molar-refractivity contribution in [3.63, 3.8) is 0 Å². The third-order valence-electron chi connectivity index (χ3n) is 3.68. The van der Waals surface area contributed by atoms with Crippen LogP contribution in [0.25, 0.3) is 0 Å². The fourth-order valence-electron chi connectivity index (χ4n) is 2.34. The van der Waals surface area contributed by atoms with Crippen molar-refractivity contribution in [2.24, 2.45) is 11.7 Å². The van der Waals surface area contributed by atoms with Gasteiger partial charge in [-0.25, -0.2) is 13.1 Å². The molecule has 0 unspecified atom stereocenters. The molecule has 0 aromatic heterocycles. The van der Waals surface area contributed by atoms with Crippen LogP contribution in [0.1, 0.15) is 18.4 Å². The standard InChI is InChI=1S/C14H22N2O4S/c1-19-14-3-2-13(8-12(14)9-15)21(17,18)16-10-11-4-6-20-7-5-11/h2-3,8,11,16H,4-7,9-10,15H2,1H3. The van der Waals surface area contributed by atoms with Gasteiger partial charge in [-0.1, -0.05) is 0 Å². The van der Waals surface area contributed by atoms with E-state index in [1.54, 1.807) is 12.1 Å². The zero-order valence-electron chi connectivity index (χ0n) is 12.2. The number of hydrogen-bond acceptors (Lipinski definition) is 5. The molecular formula is C14H22N2O4S. The Morgan fingerprint density at radius 3 is 2.71 bits per heavy atom. The second-order valence-corrected chi connectivity index (χ2v) is 6.85. The first-order chi connectivity index (χ1) is 10.1. The molecule has 0 amide bonds. The lowest BCUT2D eigenvalue weighted by atomic mass is 10.0. The molecule has 1 saturated heterocycles. The highest BCUT2D eigenvalue weighted by molar-refractivity contribution is 7.89. The van der Waals surface area contributed by atoms with Gasteiger partial charge in [0.05, 0.1) is 12.0 Å². The van der Waals surface area contributed by atoms with Crippen LogP contribution in [0, 0.1) is 5.92 Å². The number of rotatable bonds is 6. The number of sulfonamides is 1. The minimum atomic E-state index is -3.52. The quantitative estimate of drug-likeness (QED) is 0.812. The molecule has 21 heavy (non-hydrogen) atoms. The van der Waals surface area contributed by atoms with E-state index in [1.807, 2.05) is 0 Å². The van der Waals surface area contributed by atoms with Crippen molar-refractivity contribution in [1.82, 2.24) is 4.72 Å². The number of methoxy groups -OCH3 is 1. The molecule has 6 nitrogen and oxygen atoms in total. The van der Waals surface area contributed by atoms with Gasteiger partial charge in [0, 0.05) is 31.9 Å². The Morgan fingerprint density at radius 2 is 2.10 bits per heavy atom. The third-order valence-corrected chi connectivity index (χ3v) is 5.11. The molecule has 2 rings (SSSR count). The second kappa shape index (κ2) is 7.22. The maximum Gasteiger partial charge on any atom is 0.240 e. The van der Waals surface area contributed by atoms with Crippen LogP contribution in [0.2, 0.25) is 0 Å². The fraction of sp³-hybridized carbons (Fsp3) is 0.571. The zero-order valence-corrected chi connectivity index (χ0v) is 13.0. The van der Waals surface area contributed by atoms with Crippen LogP contribution in [0.5, 0.6) is 5.75 Å². The lowest BCUT2D eigenvalue weighted by Gasteiger charge is -2.22. The topological polar surface area (TPSA) is 90.7 Å². The highest BCUT2D eigenvalue weighted by atomic mass is 32.2. The minimum Gasteiger partial charge on any atom is -0.496 e. The minimum absolute atomic E-state index is 0.218. The van der Waals surface area contributed by atoms with Gasteiger partial charge in [-0.05, 0) is 37.0 Å². The van der Waals surface area contributed by atoms with E-state index in [0.717, 1.165) is 12.8 Å².